The minimum Gasteiger partial charge on any atom is -0.388 e. The predicted molar refractivity (Wildman–Crippen MR) is 33.2 cm³/mol. The Morgan fingerprint density at radius 2 is 2.50 bits per heavy atom. The second-order valence-electron chi connectivity index (χ2n) is 1.99. The number of fused-ring (bicyclic) bond motifs is 1. The lowest BCUT2D eigenvalue weighted by Gasteiger charge is -2.14. The molecular weight excluding hydrogens is 132 g/mol. The zero-order valence-corrected chi connectivity index (χ0v) is 5.11. The van der Waals surface area contributed by atoms with Crippen molar-refractivity contribution in [3.8, 4) is 0 Å². The van der Waals surface area contributed by atoms with Gasteiger partial charge in [0.1, 0.15) is 17.7 Å². The highest BCUT2D eigenvalue weighted by Crippen LogP contribution is 2.19. The van der Waals surface area contributed by atoms with E-state index in [1.165, 1.54) is 12.5 Å². The molecule has 0 aromatic heterocycles. The quantitative estimate of drug-likeness (QED) is 0.510. The number of allylic oxidation sites excluding steroid dienone is 2. The molecule has 0 amide bonds. The van der Waals surface area contributed by atoms with Crippen molar-refractivity contribution < 1.29 is 10.0 Å². The maximum Gasteiger partial charge on any atom is 0.147 e. The molecule has 0 saturated heterocycles. The first-order valence-electron chi connectivity index (χ1n) is 2.87. The van der Waals surface area contributed by atoms with Crippen molar-refractivity contribution in [2.24, 2.45) is 0 Å². The highest BCUT2D eigenvalue weighted by molar-refractivity contribution is 5.35. The second kappa shape index (κ2) is 1.78. The second-order valence-corrected chi connectivity index (χ2v) is 1.99. The third-order valence-electron chi connectivity index (χ3n) is 1.35. The van der Waals surface area contributed by atoms with E-state index >= 15 is 0 Å². The molecule has 2 aliphatic heterocycles. The van der Waals surface area contributed by atoms with E-state index in [1.54, 1.807) is 6.08 Å². The van der Waals surface area contributed by atoms with E-state index in [9.17, 15) is 0 Å². The van der Waals surface area contributed by atoms with Crippen LogP contribution in [0.4, 0.5) is 0 Å². The Bertz CT molecular complexity index is 242. The molecule has 10 heavy (non-hydrogen) atoms. The summed E-state index contributed by atoms with van der Waals surface area (Å²) in [7, 11) is 0. The van der Waals surface area contributed by atoms with E-state index in [1.807, 2.05) is 6.08 Å². The van der Waals surface area contributed by atoms with Gasteiger partial charge in [-0.3, -0.25) is 5.21 Å². The van der Waals surface area contributed by atoms with Crippen LogP contribution >= 0.6 is 0 Å². The summed E-state index contributed by atoms with van der Waals surface area (Å²) in [5, 5.41) is 10.1. The van der Waals surface area contributed by atoms with Gasteiger partial charge < -0.3 is 4.84 Å². The van der Waals surface area contributed by atoms with Crippen LogP contribution in [-0.2, 0) is 4.84 Å². The van der Waals surface area contributed by atoms with Crippen molar-refractivity contribution in [1.29, 1.82) is 0 Å². The molecule has 4 heteroatoms. The van der Waals surface area contributed by atoms with Crippen molar-refractivity contribution in [2.75, 3.05) is 0 Å². The number of hydrogen-bond donors (Lipinski definition) is 2. The van der Waals surface area contributed by atoms with E-state index in [0.29, 0.717) is 5.70 Å². The molecular formula is C6H6N2O2. The molecule has 0 saturated carbocycles. The highest BCUT2D eigenvalue weighted by Gasteiger charge is 2.18. The van der Waals surface area contributed by atoms with Crippen LogP contribution < -0.4 is 5.48 Å². The minimum absolute atomic E-state index is 0.627. The number of nitrogens with one attached hydrogen (secondary N) is 1. The van der Waals surface area contributed by atoms with E-state index in [-0.39, 0.29) is 0 Å². The Morgan fingerprint density at radius 3 is 3.30 bits per heavy atom. The van der Waals surface area contributed by atoms with Crippen LogP contribution in [0.15, 0.2) is 36.0 Å². The molecule has 2 rings (SSSR count). The molecule has 52 valence electrons. The molecule has 0 aromatic rings. The van der Waals surface area contributed by atoms with Gasteiger partial charge >= 0.3 is 0 Å². The zero-order chi connectivity index (χ0) is 6.97. The number of rotatable bonds is 0. The van der Waals surface area contributed by atoms with E-state index in [4.69, 9.17) is 10.0 Å². The standard InChI is InChI=1S/C6H6N2O2/c9-8-3-1-2-5-6(8)4-10-7-5/h1-4,7,9H. The van der Waals surface area contributed by atoms with Crippen LogP contribution in [0.3, 0.4) is 0 Å². The van der Waals surface area contributed by atoms with Crippen LogP contribution in [-0.4, -0.2) is 10.3 Å². The lowest BCUT2D eigenvalue weighted by Crippen LogP contribution is -2.17. The van der Waals surface area contributed by atoms with Gasteiger partial charge in [-0.05, 0) is 12.2 Å². The van der Waals surface area contributed by atoms with Crippen LogP contribution in [0.2, 0.25) is 0 Å². The summed E-state index contributed by atoms with van der Waals surface area (Å²) in [6, 6.07) is 0. The van der Waals surface area contributed by atoms with E-state index < -0.39 is 0 Å². The highest BCUT2D eigenvalue weighted by atomic mass is 16.6. The summed E-state index contributed by atoms with van der Waals surface area (Å²) in [6.45, 7) is 0. The Labute approximate surface area is 57.6 Å². The maximum atomic E-state index is 9.10. The van der Waals surface area contributed by atoms with Gasteiger partial charge in [-0.15, -0.1) is 0 Å². The molecule has 0 atom stereocenters. The summed E-state index contributed by atoms with van der Waals surface area (Å²) in [5.74, 6) is 0. The number of hydroxylamine groups is 3. The smallest absolute Gasteiger partial charge is 0.147 e. The third-order valence-corrected chi connectivity index (χ3v) is 1.35. The monoisotopic (exact) mass is 138 g/mol. The topological polar surface area (TPSA) is 44.7 Å². The van der Waals surface area contributed by atoms with Crippen molar-refractivity contribution in [1.82, 2.24) is 10.5 Å². The molecule has 2 N–H and O–H groups in total. The van der Waals surface area contributed by atoms with Gasteiger partial charge in [-0.2, -0.15) is 0 Å². The predicted octanol–water partition coefficient (Wildman–Crippen LogP) is 0.465. The number of hydrogen-bond acceptors (Lipinski definition) is 4. The Kier molecular flexibility index (Phi) is 0.956. The first kappa shape index (κ1) is 5.37. The van der Waals surface area contributed by atoms with Gasteiger partial charge in [0.05, 0.1) is 0 Å². The molecule has 0 radical (unpaired) electrons. The maximum absolute atomic E-state index is 9.10. The first-order valence-corrected chi connectivity index (χ1v) is 2.87. The summed E-state index contributed by atoms with van der Waals surface area (Å²) in [6.07, 6.45) is 6.50. The summed E-state index contributed by atoms with van der Waals surface area (Å²) >= 11 is 0. The van der Waals surface area contributed by atoms with Crippen molar-refractivity contribution >= 4 is 0 Å². The number of nitrogens with zero attached hydrogens (tertiary/aromatic N) is 1. The van der Waals surface area contributed by atoms with Crippen LogP contribution in [0, 0.1) is 0 Å². The van der Waals surface area contributed by atoms with E-state index in [2.05, 4.69) is 5.48 Å². The molecule has 0 unspecified atom stereocenters. The molecule has 0 aliphatic carbocycles. The van der Waals surface area contributed by atoms with Crippen LogP contribution in [0.25, 0.3) is 0 Å². The average molecular weight is 138 g/mol. The molecule has 4 nitrogen and oxygen atoms in total. The normalized spacial score (nSPS) is 20.7. The van der Waals surface area contributed by atoms with Crippen LogP contribution in [0.5, 0.6) is 0 Å². The molecule has 0 aromatic carbocycles. The fourth-order valence-electron chi connectivity index (χ4n) is 0.862. The molecule has 2 heterocycles. The fourth-order valence-corrected chi connectivity index (χ4v) is 0.862. The third kappa shape index (κ3) is 0.593. The Hall–Kier alpha value is -1.42. The Morgan fingerprint density at radius 1 is 1.60 bits per heavy atom. The Balaban J connectivity index is 2.39. The van der Waals surface area contributed by atoms with Gasteiger partial charge in [0.2, 0.25) is 0 Å². The summed E-state index contributed by atoms with van der Waals surface area (Å²) < 4.78 is 0. The molecule has 0 spiro atoms. The van der Waals surface area contributed by atoms with Gasteiger partial charge in [0.15, 0.2) is 0 Å². The minimum atomic E-state index is 0.627. The van der Waals surface area contributed by atoms with Gasteiger partial charge in [-0.1, -0.05) is 0 Å². The van der Waals surface area contributed by atoms with Gasteiger partial charge in [0.25, 0.3) is 0 Å². The van der Waals surface area contributed by atoms with E-state index in [0.717, 1.165) is 10.8 Å². The van der Waals surface area contributed by atoms with Crippen molar-refractivity contribution in [3.05, 3.63) is 36.0 Å². The molecule has 0 fully saturated rings. The van der Waals surface area contributed by atoms with Crippen LogP contribution in [0.1, 0.15) is 0 Å². The first-order chi connectivity index (χ1) is 4.88. The fraction of sp³-hybridized carbons (Fsp3) is 0. The summed E-state index contributed by atoms with van der Waals surface area (Å²) in [4.78, 5) is 4.74. The van der Waals surface area contributed by atoms with Gasteiger partial charge in [0, 0.05) is 6.20 Å². The SMILES string of the molecule is ON1C=CC=C2NOC=C21. The zero-order valence-electron chi connectivity index (χ0n) is 5.11. The van der Waals surface area contributed by atoms with Gasteiger partial charge in [-0.25, -0.2) is 10.5 Å². The van der Waals surface area contributed by atoms with Crippen molar-refractivity contribution in [2.45, 2.75) is 0 Å². The summed E-state index contributed by atoms with van der Waals surface area (Å²) in [5.41, 5.74) is 4.00. The average Bonchev–Trinajstić information content (AvgIpc) is 2.36. The largest absolute Gasteiger partial charge is 0.388 e. The molecule has 0 bridgehead atoms. The lowest BCUT2D eigenvalue weighted by molar-refractivity contribution is -0.00190. The van der Waals surface area contributed by atoms with Crippen molar-refractivity contribution in [3.63, 3.8) is 0 Å². The molecule has 2 aliphatic rings. The lowest BCUT2D eigenvalue weighted by atomic mass is 10.3.